The molecule has 2 aromatic heterocycles. The Morgan fingerprint density at radius 1 is 1.03 bits per heavy atom. The van der Waals surface area contributed by atoms with Crippen molar-refractivity contribution in [2.24, 2.45) is 0 Å². The minimum atomic E-state index is -0.542. The van der Waals surface area contributed by atoms with E-state index in [1.54, 1.807) is 0 Å². The van der Waals surface area contributed by atoms with Crippen molar-refractivity contribution in [3.8, 4) is 17.1 Å². The largest absolute Gasteiger partial charge is 0.460 e. The minimum Gasteiger partial charge on any atom is -0.460 e. The Morgan fingerprint density at radius 2 is 1.88 bits per heavy atom. The van der Waals surface area contributed by atoms with E-state index < -0.39 is 11.2 Å². The summed E-state index contributed by atoms with van der Waals surface area (Å²) in [5.41, 5.74) is 3.79. The molecule has 0 radical (unpaired) electrons. The third-order valence-corrected chi connectivity index (χ3v) is 6.21. The van der Waals surface area contributed by atoms with Crippen molar-refractivity contribution in [3.05, 3.63) is 92.1 Å². The van der Waals surface area contributed by atoms with Crippen molar-refractivity contribution in [2.75, 3.05) is 0 Å². The number of aromatic nitrogens is 2. The molecule has 0 amide bonds. The maximum absolute atomic E-state index is 12.6. The number of H-pyrrole nitrogens is 1. The number of aromatic amines is 1. The fourth-order valence-electron chi connectivity index (χ4n) is 4.13. The van der Waals surface area contributed by atoms with Crippen LogP contribution in [0.2, 0.25) is 0 Å². The van der Waals surface area contributed by atoms with Crippen LogP contribution >= 0.6 is 0 Å². The first-order valence-electron chi connectivity index (χ1n) is 11.6. The zero-order valence-electron chi connectivity index (χ0n) is 19.0. The van der Waals surface area contributed by atoms with Crippen LogP contribution in [0, 0.1) is 0 Å². The summed E-state index contributed by atoms with van der Waals surface area (Å²) in [6, 6.07) is 17.5. The maximum Gasteiger partial charge on any atom is 0.337 e. The Balaban J connectivity index is 1.38. The maximum atomic E-state index is 12.6. The summed E-state index contributed by atoms with van der Waals surface area (Å²) in [6.45, 7) is 2.65. The number of hydrogen-bond donors (Lipinski definition) is 1. The Labute approximate surface area is 196 Å². The van der Waals surface area contributed by atoms with Gasteiger partial charge in [-0.25, -0.2) is 4.79 Å². The molecular weight excluding hydrogens is 432 g/mol. The molecule has 4 aromatic rings. The monoisotopic (exact) mass is 458 g/mol. The van der Waals surface area contributed by atoms with Crippen LogP contribution in [0.4, 0.5) is 0 Å². The van der Waals surface area contributed by atoms with Crippen molar-refractivity contribution in [2.45, 2.75) is 51.9 Å². The first kappa shape index (κ1) is 22.1. The van der Waals surface area contributed by atoms with E-state index in [4.69, 9.17) is 13.9 Å². The van der Waals surface area contributed by atoms with Gasteiger partial charge in [0.25, 0.3) is 11.6 Å². The second-order valence-corrected chi connectivity index (χ2v) is 8.51. The minimum absolute atomic E-state index is 0.00588. The number of ether oxygens (including phenoxy) is 2. The van der Waals surface area contributed by atoms with Gasteiger partial charge in [-0.3, -0.25) is 9.78 Å². The van der Waals surface area contributed by atoms with Gasteiger partial charge in [0, 0.05) is 6.07 Å². The molecule has 174 valence electrons. The number of fused-ring (bicyclic) bond motifs is 1. The van der Waals surface area contributed by atoms with Crippen LogP contribution in [-0.2, 0) is 24.4 Å². The lowest BCUT2D eigenvalue weighted by molar-refractivity contribution is -0.00864. The van der Waals surface area contributed by atoms with Gasteiger partial charge in [0.1, 0.15) is 12.0 Å². The normalized spacial score (nSPS) is 13.7. The number of rotatable bonds is 8. The van der Waals surface area contributed by atoms with Crippen molar-refractivity contribution in [1.82, 2.24) is 9.97 Å². The molecule has 2 heterocycles. The molecule has 1 aliphatic carbocycles. The van der Waals surface area contributed by atoms with Gasteiger partial charge >= 0.3 is 5.63 Å². The molecule has 1 fully saturated rings. The molecule has 34 heavy (non-hydrogen) atoms. The Kier molecular flexibility index (Phi) is 6.27. The van der Waals surface area contributed by atoms with Gasteiger partial charge in [0.05, 0.1) is 12.7 Å². The molecule has 0 saturated heterocycles. The third-order valence-electron chi connectivity index (χ3n) is 6.21. The quantitative estimate of drug-likeness (QED) is 0.409. The first-order chi connectivity index (χ1) is 16.6. The molecule has 0 spiro atoms. The zero-order chi connectivity index (χ0) is 23.5. The third kappa shape index (κ3) is 4.65. The lowest BCUT2D eigenvalue weighted by Crippen LogP contribution is -2.21. The number of benzene rings is 2. The van der Waals surface area contributed by atoms with Gasteiger partial charge in [0.2, 0.25) is 5.71 Å². The van der Waals surface area contributed by atoms with Gasteiger partial charge in [0.15, 0.2) is 0 Å². The fraction of sp³-hybridized carbons (Fsp3) is 0.296. The fourth-order valence-corrected chi connectivity index (χ4v) is 4.13. The van der Waals surface area contributed by atoms with Crippen molar-refractivity contribution in [3.63, 3.8) is 0 Å². The first-order valence-corrected chi connectivity index (χ1v) is 11.6. The van der Waals surface area contributed by atoms with E-state index in [0.29, 0.717) is 24.7 Å². The highest BCUT2D eigenvalue weighted by molar-refractivity contribution is 5.75. The SMILES string of the molecule is CCc1cc(=O)oc2nc(OCc3ccccc3-c3cccc(COC4CCC4)c3)[nH]c(=O)c12. The second kappa shape index (κ2) is 9.65. The average molecular weight is 459 g/mol. The molecule has 1 N–H and O–H groups in total. The van der Waals surface area contributed by atoms with E-state index in [1.165, 1.54) is 12.5 Å². The predicted octanol–water partition coefficient (Wildman–Crippen LogP) is 4.75. The Hall–Kier alpha value is -3.71. The van der Waals surface area contributed by atoms with Gasteiger partial charge in [-0.15, -0.1) is 0 Å². The topological polar surface area (TPSA) is 94.4 Å². The van der Waals surface area contributed by atoms with Crippen molar-refractivity contribution in [1.29, 1.82) is 0 Å². The summed E-state index contributed by atoms with van der Waals surface area (Å²) in [7, 11) is 0. The van der Waals surface area contributed by atoms with Gasteiger partial charge < -0.3 is 13.9 Å². The molecule has 0 bridgehead atoms. The molecule has 2 aromatic carbocycles. The highest BCUT2D eigenvalue weighted by Crippen LogP contribution is 2.27. The number of hydrogen-bond acceptors (Lipinski definition) is 6. The molecule has 7 heteroatoms. The van der Waals surface area contributed by atoms with Crippen LogP contribution in [0.1, 0.15) is 42.9 Å². The molecule has 5 rings (SSSR count). The molecule has 1 aliphatic rings. The van der Waals surface area contributed by atoms with E-state index >= 15 is 0 Å². The molecule has 0 unspecified atom stereocenters. The Morgan fingerprint density at radius 3 is 2.68 bits per heavy atom. The molecule has 1 saturated carbocycles. The number of aryl methyl sites for hydroxylation is 1. The second-order valence-electron chi connectivity index (χ2n) is 8.51. The molecule has 0 aliphatic heterocycles. The molecule has 0 atom stereocenters. The summed E-state index contributed by atoms with van der Waals surface area (Å²) in [6.07, 6.45) is 4.45. The number of nitrogens with one attached hydrogen (secondary N) is 1. The summed E-state index contributed by atoms with van der Waals surface area (Å²) < 4.78 is 17.0. The molecule has 7 nitrogen and oxygen atoms in total. The summed E-state index contributed by atoms with van der Waals surface area (Å²) in [5, 5.41) is 0.274. The zero-order valence-corrected chi connectivity index (χ0v) is 19.0. The van der Waals surface area contributed by atoms with E-state index in [1.807, 2.05) is 37.3 Å². The average Bonchev–Trinajstić information content (AvgIpc) is 2.81. The van der Waals surface area contributed by atoms with Crippen molar-refractivity contribution >= 4 is 11.1 Å². The highest BCUT2D eigenvalue weighted by atomic mass is 16.5. The summed E-state index contributed by atoms with van der Waals surface area (Å²) >= 11 is 0. The lowest BCUT2D eigenvalue weighted by atomic mass is 9.96. The Bertz CT molecular complexity index is 1440. The van der Waals surface area contributed by atoms with Crippen LogP contribution in [0.25, 0.3) is 22.2 Å². The van der Waals surface area contributed by atoms with E-state index in [0.717, 1.165) is 35.1 Å². The van der Waals surface area contributed by atoms with E-state index in [-0.39, 0.29) is 23.7 Å². The summed E-state index contributed by atoms with van der Waals surface area (Å²) in [5.74, 6) is 0. The van der Waals surface area contributed by atoms with E-state index in [2.05, 4.69) is 28.2 Å². The van der Waals surface area contributed by atoms with Gasteiger partial charge in [-0.1, -0.05) is 49.4 Å². The van der Waals surface area contributed by atoms with E-state index in [9.17, 15) is 9.59 Å². The number of nitrogens with zero attached hydrogens (tertiary/aromatic N) is 1. The van der Waals surface area contributed by atoms with Crippen LogP contribution in [0.5, 0.6) is 6.01 Å². The van der Waals surface area contributed by atoms with Crippen LogP contribution in [-0.4, -0.2) is 16.1 Å². The van der Waals surface area contributed by atoms with Crippen LogP contribution < -0.4 is 15.9 Å². The van der Waals surface area contributed by atoms with Gasteiger partial charge in [-0.05, 0) is 59.6 Å². The highest BCUT2D eigenvalue weighted by Gasteiger charge is 2.18. The summed E-state index contributed by atoms with van der Waals surface area (Å²) in [4.78, 5) is 31.3. The standard InChI is InChI=1S/C27H26N2O5/c1-2-18-14-23(30)34-26-24(18)25(31)28-27(29-26)33-16-20-8-3-4-12-22(20)19-9-5-7-17(13-19)15-32-21-10-6-11-21/h3-5,7-9,12-14,21H,2,6,10-11,15-16H2,1H3,(H,28,29,31). The predicted molar refractivity (Wildman–Crippen MR) is 129 cm³/mol. The smallest absolute Gasteiger partial charge is 0.337 e. The van der Waals surface area contributed by atoms with Crippen LogP contribution in [0.3, 0.4) is 0 Å². The van der Waals surface area contributed by atoms with Crippen LogP contribution in [0.15, 0.2) is 68.6 Å². The molecular formula is C27H26N2O5. The van der Waals surface area contributed by atoms with Crippen molar-refractivity contribution < 1.29 is 13.9 Å². The lowest BCUT2D eigenvalue weighted by Gasteiger charge is -2.25. The van der Waals surface area contributed by atoms with Gasteiger partial charge in [-0.2, -0.15) is 4.98 Å².